The second-order valence-corrected chi connectivity index (χ2v) is 6.00. The molecule has 3 aromatic carbocycles. The molecule has 0 fully saturated rings. The Hall–Kier alpha value is -2.86. The maximum atomic E-state index is 12.1. The fourth-order valence-corrected chi connectivity index (χ4v) is 2.68. The molecule has 3 rings (SSSR count). The molecule has 0 heterocycles. The first-order valence-corrected chi connectivity index (χ1v) is 7.88. The highest BCUT2D eigenvalue weighted by Gasteiger charge is 2.10. The van der Waals surface area contributed by atoms with Crippen LogP contribution in [0.1, 0.15) is 15.9 Å². The Morgan fingerprint density at radius 1 is 1.04 bits per heavy atom. The number of phenolic OH excluding ortho intramolecular Hbond substituents is 2. The first kappa shape index (κ1) is 16.0. The quantitative estimate of drug-likeness (QED) is 0.474. The van der Waals surface area contributed by atoms with Crippen molar-refractivity contribution in [3.8, 4) is 11.5 Å². The van der Waals surface area contributed by atoms with Gasteiger partial charge >= 0.3 is 0 Å². The lowest BCUT2D eigenvalue weighted by Gasteiger charge is -2.05. The van der Waals surface area contributed by atoms with Gasteiger partial charge in [0.2, 0.25) is 0 Å². The number of carbonyl (C=O) groups excluding carboxylic acids is 1. The number of hydrazone groups is 1. The molecule has 6 heteroatoms. The van der Waals surface area contributed by atoms with E-state index in [-0.39, 0.29) is 17.1 Å². The molecule has 0 saturated heterocycles. The van der Waals surface area contributed by atoms with Crippen molar-refractivity contribution < 1.29 is 15.0 Å². The van der Waals surface area contributed by atoms with E-state index in [1.165, 1.54) is 18.3 Å². The number of carbonyl (C=O) groups is 1. The Bertz CT molecular complexity index is 954. The maximum absolute atomic E-state index is 12.1. The van der Waals surface area contributed by atoms with Gasteiger partial charge in [-0.2, -0.15) is 5.10 Å². The Balaban J connectivity index is 1.84. The van der Waals surface area contributed by atoms with Crippen molar-refractivity contribution in [1.82, 2.24) is 5.43 Å². The molecule has 0 saturated carbocycles. The van der Waals surface area contributed by atoms with Crippen LogP contribution in [0.2, 0.25) is 0 Å². The molecule has 24 heavy (non-hydrogen) atoms. The van der Waals surface area contributed by atoms with Crippen LogP contribution in [0, 0.1) is 0 Å². The second kappa shape index (κ2) is 6.72. The first-order chi connectivity index (χ1) is 11.6. The third-order valence-electron chi connectivity index (χ3n) is 3.51. The highest BCUT2D eigenvalue weighted by atomic mass is 79.9. The van der Waals surface area contributed by atoms with Gasteiger partial charge in [-0.25, -0.2) is 5.43 Å². The van der Waals surface area contributed by atoms with E-state index < -0.39 is 5.91 Å². The Labute approximate surface area is 146 Å². The summed E-state index contributed by atoms with van der Waals surface area (Å²) in [5, 5.41) is 25.5. The van der Waals surface area contributed by atoms with Crippen LogP contribution in [0.25, 0.3) is 10.8 Å². The Morgan fingerprint density at radius 3 is 2.62 bits per heavy atom. The lowest BCUT2D eigenvalue weighted by atomic mass is 10.0. The van der Waals surface area contributed by atoms with Crippen LogP contribution in [-0.4, -0.2) is 22.3 Å². The molecule has 3 N–H and O–H groups in total. The lowest BCUT2D eigenvalue weighted by Crippen LogP contribution is -2.17. The van der Waals surface area contributed by atoms with E-state index >= 15 is 0 Å². The van der Waals surface area contributed by atoms with Crippen molar-refractivity contribution in [3.05, 3.63) is 70.2 Å². The minimum atomic E-state index is -0.545. The third-order valence-corrected chi connectivity index (χ3v) is 4.01. The fourth-order valence-electron chi connectivity index (χ4n) is 2.33. The van der Waals surface area contributed by atoms with Gasteiger partial charge in [0.15, 0.2) is 0 Å². The first-order valence-electron chi connectivity index (χ1n) is 7.09. The predicted molar refractivity (Wildman–Crippen MR) is 96.5 cm³/mol. The van der Waals surface area contributed by atoms with Gasteiger partial charge in [-0.05, 0) is 35.0 Å². The number of hydrogen-bond acceptors (Lipinski definition) is 4. The van der Waals surface area contributed by atoms with E-state index in [1.54, 1.807) is 18.2 Å². The standard InChI is InChI=1S/C18H13BrN2O3/c19-12-6-7-14(17(23)9-12)18(24)21-20-10-15-13-4-2-1-3-11(13)5-8-16(15)22/h1-10,22-23H,(H,21,24)/b20-10+. The van der Waals surface area contributed by atoms with E-state index in [1.807, 2.05) is 24.3 Å². The van der Waals surface area contributed by atoms with Gasteiger partial charge in [0.25, 0.3) is 5.91 Å². The number of fused-ring (bicyclic) bond motifs is 1. The zero-order valence-corrected chi connectivity index (χ0v) is 14.0. The summed E-state index contributed by atoms with van der Waals surface area (Å²) in [7, 11) is 0. The summed E-state index contributed by atoms with van der Waals surface area (Å²) in [5.41, 5.74) is 2.96. The lowest BCUT2D eigenvalue weighted by molar-refractivity contribution is 0.0952. The van der Waals surface area contributed by atoms with Crippen LogP contribution in [0.15, 0.2) is 64.2 Å². The third kappa shape index (κ3) is 3.23. The summed E-state index contributed by atoms with van der Waals surface area (Å²) in [6.07, 6.45) is 1.38. The van der Waals surface area contributed by atoms with Gasteiger partial charge in [0.1, 0.15) is 11.5 Å². The normalized spacial score (nSPS) is 11.0. The number of hydrogen-bond donors (Lipinski definition) is 3. The number of halogens is 1. The summed E-state index contributed by atoms with van der Waals surface area (Å²) >= 11 is 3.21. The molecule has 0 aliphatic heterocycles. The Morgan fingerprint density at radius 2 is 1.83 bits per heavy atom. The minimum absolute atomic E-state index is 0.0678. The van der Waals surface area contributed by atoms with Gasteiger partial charge < -0.3 is 10.2 Å². The van der Waals surface area contributed by atoms with Crippen molar-refractivity contribution in [3.63, 3.8) is 0 Å². The van der Waals surface area contributed by atoms with E-state index in [2.05, 4.69) is 26.5 Å². The summed E-state index contributed by atoms with van der Waals surface area (Å²) in [6.45, 7) is 0. The van der Waals surface area contributed by atoms with Crippen LogP contribution in [-0.2, 0) is 0 Å². The number of amides is 1. The Kier molecular flexibility index (Phi) is 4.48. The number of nitrogens with one attached hydrogen (secondary N) is 1. The summed E-state index contributed by atoms with van der Waals surface area (Å²) in [5.74, 6) is -0.626. The number of benzene rings is 3. The van der Waals surface area contributed by atoms with Crippen LogP contribution in [0.4, 0.5) is 0 Å². The van der Waals surface area contributed by atoms with Crippen LogP contribution in [0.5, 0.6) is 11.5 Å². The molecular weight excluding hydrogens is 372 g/mol. The summed E-state index contributed by atoms with van der Waals surface area (Å²) in [6, 6.07) is 15.5. The monoisotopic (exact) mass is 384 g/mol. The number of aromatic hydroxyl groups is 2. The number of rotatable bonds is 3. The maximum Gasteiger partial charge on any atom is 0.275 e. The molecule has 1 amide bonds. The van der Waals surface area contributed by atoms with Crippen molar-refractivity contribution in [1.29, 1.82) is 0 Å². The molecule has 0 atom stereocenters. The van der Waals surface area contributed by atoms with E-state index in [9.17, 15) is 15.0 Å². The second-order valence-electron chi connectivity index (χ2n) is 5.08. The predicted octanol–water partition coefficient (Wildman–Crippen LogP) is 3.78. The van der Waals surface area contributed by atoms with Gasteiger partial charge in [-0.1, -0.05) is 46.3 Å². The highest BCUT2D eigenvalue weighted by Crippen LogP contribution is 2.25. The highest BCUT2D eigenvalue weighted by molar-refractivity contribution is 9.10. The summed E-state index contributed by atoms with van der Waals surface area (Å²) in [4.78, 5) is 12.1. The van der Waals surface area contributed by atoms with Gasteiger partial charge in [0.05, 0.1) is 11.8 Å². The topological polar surface area (TPSA) is 81.9 Å². The number of phenols is 2. The molecule has 0 bridgehead atoms. The van der Waals surface area contributed by atoms with Gasteiger partial charge in [-0.3, -0.25) is 4.79 Å². The fraction of sp³-hybridized carbons (Fsp3) is 0. The van der Waals surface area contributed by atoms with E-state index in [0.29, 0.717) is 10.0 Å². The van der Waals surface area contributed by atoms with Crippen LogP contribution < -0.4 is 5.43 Å². The van der Waals surface area contributed by atoms with Crippen LogP contribution in [0.3, 0.4) is 0 Å². The smallest absolute Gasteiger partial charge is 0.275 e. The average molecular weight is 385 g/mol. The van der Waals surface area contributed by atoms with E-state index in [4.69, 9.17) is 0 Å². The van der Waals surface area contributed by atoms with Crippen molar-refractivity contribution in [2.24, 2.45) is 5.10 Å². The zero-order chi connectivity index (χ0) is 17.1. The molecule has 5 nitrogen and oxygen atoms in total. The molecule has 0 aliphatic rings. The van der Waals surface area contributed by atoms with Crippen molar-refractivity contribution >= 4 is 38.8 Å². The zero-order valence-electron chi connectivity index (χ0n) is 12.4. The van der Waals surface area contributed by atoms with Crippen LogP contribution >= 0.6 is 15.9 Å². The molecule has 0 aromatic heterocycles. The molecular formula is C18H13BrN2O3. The van der Waals surface area contributed by atoms with Gasteiger partial charge in [0, 0.05) is 10.0 Å². The SMILES string of the molecule is O=C(N/N=C/c1c(O)ccc2ccccc12)c1ccc(Br)cc1O. The number of nitrogens with zero attached hydrogens (tertiary/aromatic N) is 1. The van der Waals surface area contributed by atoms with Gasteiger partial charge in [-0.15, -0.1) is 0 Å². The largest absolute Gasteiger partial charge is 0.507 e. The summed E-state index contributed by atoms with van der Waals surface area (Å²) < 4.78 is 0.667. The molecule has 0 spiro atoms. The molecule has 120 valence electrons. The molecule has 0 unspecified atom stereocenters. The minimum Gasteiger partial charge on any atom is -0.507 e. The van der Waals surface area contributed by atoms with Crippen molar-refractivity contribution in [2.75, 3.05) is 0 Å². The van der Waals surface area contributed by atoms with Crippen molar-refractivity contribution in [2.45, 2.75) is 0 Å². The molecule has 0 radical (unpaired) electrons. The average Bonchev–Trinajstić information content (AvgIpc) is 2.56. The molecule has 0 aliphatic carbocycles. The van der Waals surface area contributed by atoms with E-state index in [0.717, 1.165) is 10.8 Å². The molecule has 3 aromatic rings.